The largest absolute Gasteiger partial charge is 0.497 e. The molecule has 0 radical (unpaired) electrons. The molecule has 2 N–H and O–H groups in total. The van der Waals surface area contributed by atoms with Gasteiger partial charge in [0.2, 0.25) is 5.91 Å². The monoisotopic (exact) mass is 499 g/mol. The van der Waals surface area contributed by atoms with Gasteiger partial charge >= 0.3 is 0 Å². The molecule has 1 amide bonds. The first-order chi connectivity index (χ1) is 17.9. The predicted octanol–water partition coefficient (Wildman–Crippen LogP) is 3.37. The third kappa shape index (κ3) is 5.00. The first-order valence-corrected chi connectivity index (χ1v) is 12.3. The van der Waals surface area contributed by atoms with Gasteiger partial charge in [0.1, 0.15) is 23.0 Å². The number of carbonyl (C=O) groups excluding carboxylic acids is 2. The number of anilines is 1. The SMILES string of the molecule is C=CC(=O)N1CC[C@H](n2nc(C#Cc3cc(OC)cc(OCC4CC4)c3)c3c(N)ncc(C(C)=O)c32)C1. The maximum Gasteiger partial charge on any atom is 0.246 e. The predicted molar refractivity (Wildman–Crippen MR) is 140 cm³/mol. The van der Waals surface area contributed by atoms with Gasteiger partial charge in [0, 0.05) is 30.9 Å². The average Bonchev–Trinajstić information content (AvgIpc) is 3.46. The number of nitrogens with two attached hydrogens (primary N) is 1. The van der Waals surface area contributed by atoms with Crippen LogP contribution in [0.2, 0.25) is 0 Å². The summed E-state index contributed by atoms with van der Waals surface area (Å²) in [6.07, 6.45) is 5.86. The van der Waals surface area contributed by atoms with Gasteiger partial charge in [0.15, 0.2) is 5.78 Å². The number of nitrogen functional groups attached to an aromatic ring is 1. The first-order valence-electron chi connectivity index (χ1n) is 12.3. The summed E-state index contributed by atoms with van der Waals surface area (Å²) < 4.78 is 13.1. The second kappa shape index (κ2) is 9.97. The van der Waals surface area contributed by atoms with Gasteiger partial charge in [-0.2, -0.15) is 5.10 Å². The summed E-state index contributed by atoms with van der Waals surface area (Å²) in [5, 5.41) is 5.32. The van der Waals surface area contributed by atoms with Crippen LogP contribution in [0.5, 0.6) is 11.5 Å². The summed E-state index contributed by atoms with van der Waals surface area (Å²) in [5.41, 5.74) is 8.40. The van der Waals surface area contributed by atoms with Crippen LogP contribution in [0.4, 0.5) is 5.82 Å². The van der Waals surface area contributed by atoms with Crippen LogP contribution in [0.3, 0.4) is 0 Å². The van der Waals surface area contributed by atoms with Crippen molar-refractivity contribution in [2.45, 2.75) is 32.2 Å². The summed E-state index contributed by atoms with van der Waals surface area (Å²) in [6, 6.07) is 5.40. The van der Waals surface area contributed by atoms with E-state index in [0.29, 0.717) is 71.3 Å². The Morgan fingerprint density at radius 3 is 2.70 bits per heavy atom. The van der Waals surface area contributed by atoms with Crippen molar-refractivity contribution in [3.63, 3.8) is 0 Å². The zero-order valence-corrected chi connectivity index (χ0v) is 21.0. The van der Waals surface area contributed by atoms with E-state index in [4.69, 9.17) is 20.3 Å². The number of likely N-dealkylation sites (tertiary alicyclic amines) is 1. The van der Waals surface area contributed by atoms with Gasteiger partial charge in [-0.3, -0.25) is 14.3 Å². The van der Waals surface area contributed by atoms with Gasteiger partial charge in [-0.1, -0.05) is 12.5 Å². The van der Waals surface area contributed by atoms with Crippen LogP contribution < -0.4 is 15.2 Å². The molecule has 2 fully saturated rings. The zero-order chi connectivity index (χ0) is 26.1. The van der Waals surface area contributed by atoms with Crippen LogP contribution in [0.15, 0.2) is 37.1 Å². The molecule has 190 valence electrons. The maximum absolute atomic E-state index is 12.5. The lowest BCUT2D eigenvalue weighted by atomic mass is 10.1. The number of ether oxygens (including phenoxy) is 2. The van der Waals surface area contributed by atoms with Crippen LogP contribution >= 0.6 is 0 Å². The molecular formula is C28H29N5O4. The van der Waals surface area contributed by atoms with Gasteiger partial charge < -0.3 is 20.1 Å². The Morgan fingerprint density at radius 1 is 1.22 bits per heavy atom. The first kappa shape index (κ1) is 24.4. The van der Waals surface area contributed by atoms with Crippen molar-refractivity contribution in [1.82, 2.24) is 19.7 Å². The lowest BCUT2D eigenvalue weighted by Gasteiger charge is -2.16. The molecule has 1 atom stereocenters. The summed E-state index contributed by atoms with van der Waals surface area (Å²) in [5.74, 6) is 8.21. The molecular weight excluding hydrogens is 470 g/mol. The number of aromatic nitrogens is 3. The number of nitrogens with zero attached hydrogens (tertiary/aromatic N) is 4. The number of Topliss-reactive ketones (excluding diaryl/α,β-unsaturated/α-hetero) is 1. The van der Waals surface area contributed by atoms with E-state index in [1.54, 1.807) is 16.7 Å². The van der Waals surface area contributed by atoms with Crippen LogP contribution in [0.1, 0.15) is 53.8 Å². The van der Waals surface area contributed by atoms with Crippen molar-refractivity contribution < 1.29 is 19.1 Å². The van der Waals surface area contributed by atoms with Crippen molar-refractivity contribution in [1.29, 1.82) is 0 Å². The van der Waals surface area contributed by atoms with Crippen LogP contribution in [-0.2, 0) is 4.79 Å². The fraction of sp³-hybridized carbons (Fsp3) is 0.357. The molecule has 1 aliphatic heterocycles. The minimum atomic E-state index is -0.152. The molecule has 0 unspecified atom stereocenters. The van der Waals surface area contributed by atoms with E-state index in [1.807, 2.05) is 18.2 Å². The van der Waals surface area contributed by atoms with Crippen molar-refractivity contribution in [3.8, 4) is 23.3 Å². The molecule has 5 rings (SSSR count). The van der Waals surface area contributed by atoms with E-state index in [-0.39, 0.29) is 23.6 Å². The van der Waals surface area contributed by atoms with Crippen molar-refractivity contribution in [3.05, 3.63) is 53.9 Å². The minimum absolute atomic E-state index is 0.135. The highest BCUT2D eigenvalue weighted by Gasteiger charge is 2.30. The minimum Gasteiger partial charge on any atom is -0.497 e. The van der Waals surface area contributed by atoms with E-state index >= 15 is 0 Å². The Kier molecular flexibility index (Phi) is 6.57. The number of ketones is 1. The van der Waals surface area contributed by atoms with Gasteiger partial charge in [0.25, 0.3) is 0 Å². The molecule has 3 heterocycles. The number of carbonyl (C=O) groups is 2. The molecule has 37 heavy (non-hydrogen) atoms. The highest BCUT2D eigenvalue weighted by atomic mass is 16.5. The van der Waals surface area contributed by atoms with Gasteiger partial charge in [0.05, 0.1) is 36.2 Å². The molecule has 1 saturated heterocycles. The number of benzene rings is 1. The third-order valence-electron chi connectivity index (χ3n) is 6.75. The summed E-state index contributed by atoms with van der Waals surface area (Å²) >= 11 is 0. The van der Waals surface area contributed by atoms with E-state index in [1.165, 1.54) is 32.0 Å². The third-order valence-corrected chi connectivity index (χ3v) is 6.75. The number of hydrogen-bond donors (Lipinski definition) is 1. The number of hydrogen-bond acceptors (Lipinski definition) is 7. The summed E-state index contributed by atoms with van der Waals surface area (Å²) in [7, 11) is 1.60. The Bertz CT molecular complexity index is 1460. The van der Waals surface area contributed by atoms with E-state index in [2.05, 4.69) is 23.4 Å². The molecule has 2 aliphatic rings. The lowest BCUT2D eigenvalue weighted by Crippen LogP contribution is -2.27. The van der Waals surface area contributed by atoms with Gasteiger partial charge in [-0.25, -0.2) is 4.98 Å². The highest BCUT2D eigenvalue weighted by molar-refractivity contribution is 6.09. The van der Waals surface area contributed by atoms with Crippen molar-refractivity contribution in [2.75, 3.05) is 32.5 Å². The zero-order valence-electron chi connectivity index (χ0n) is 21.0. The second-order valence-corrected chi connectivity index (χ2v) is 9.46. The summed E-state index contributed by atoms with van der Waals surface area (Å²) in [6.45, 7) is 6.76. The van der Waals surface area contributed by atoms with Crippen LogP contribution in [-0.4, -0.2) is 58.2 Å². The quantitative estimate of drug-likeness (QED) is 0.301. The number of amides is 1. The molecule has 3 aromatic rings. The van der Waals surface area contributed by atoms with E-state index in [9.17, 15) is 9.59 Å². The van der Waals surface area contributed by atoms with Crippen LogP contribution in [0.25, 0.3) is 10.9 Å². The van der Waals surface area contributed by atoms with Crippen molar-refractivity contribution in [2.24, 2.45) is 5.92 Å². The van der Waals surface area contributed by atoms with E-state index in [0.717, 1.165) is 0 Å². The topological polar surface area (TPSA) is 113 Å². The fourth-order valence-corrected chi connectivity index (χ4v) is 4.55. The number of pyridine rings is 1. The number of fused-ring (bicyclic) bond motifs is 1. The molecule has 9 nitrogen and oxygen atoms in total. The van der Waals surface area contributed by atoms with Gasteiger partial charge in [-0.15, -0.1) is 0 Å². The molecule has 2 aromatic heterocycles. The average molecular weight is 500 g/mol. The van der Waals surface area contributed by atoms with E-state index < -0.39 is 0 Å². The molecule has 1 saturated carbocycles. The molecule has 1 aliphatic carbocycles. The second-order valence-electron chi connectivity index (χ2n) is 9.46. The Labute approximate surface area is 215 Å². The van der Waals surface area contributed by atoms with Gasteiger partial charge in [-0.05, 0) is 56.2 Å². The van der Waals surface area contributed by atoms with Crippen molar-refractivity contribution >= 4 is 28.4 Å². The smallest absolute Gasteiger partial charge is 0.246 e. The fourth-order valence-electron chi connectivity index (χ4n) is 4.55. The lowest BCUT2D eigenvalue weighted by molar-refractivity contribution is -0.125. The number of rotatable bonds is 7. The van der Waals surface area contributed by atoms with Crippen LogP contribution in [0, 0.1) is 17.8 Å². The Balaban J connectivity index is 1.57. The highest BCUT2D eigenvalue weighted by Crippen LogP contribution is 2.33. The Hall–Kier alpha value is -4.32. The molecule has 1 aromatic carbocycles. The normalized spacial score (nSPS) is 16.8. The number of methoxy groups -OCH3 is 1. The summed E-state index contributed by atoms with van der Waals surface area (Å²) in [4.78, 5) is 30.6. The Morgan fingerprint density at radius 2 is 2.00 bits per heavy atom. The molecule has 0 spiro atoms. The standard InChI is InChI=1S/C28H29N5O4/c1-4-25(35)32-10-9-20(15-32)33-27-23(17(2)34)14-30-28(29)26(27)24(31-33)8-7-19-11-21(36-3)13-22(12-19)37-16-18-5-6-18/h4,11-14,18,20H,1,5-6,9-10,15-16H2,2-3H3,(H2,29,30)/t20-/m0/s1. The molecule has 0 bridgehead atoms. The maximum atomic E-state index is 12.5. The molecule has 9 heteroatoms.